The van der Waals surface area contributed by atoms with E-state index < -0.39 is 6.04 Å². The van der Waals surface area contributed by atoms with Crippen LogP contribution in [0.25, 0.3) is 10.9 Å². The summed E-state index contributed by atoms with van der Waals surface area (Å²) in [5, 5.41) is 1.17. The van der Waals surface area contributed by atoms with Gasteiger partial charge in [-0.1, -0.05) is 62.4 Å². The Balaban J connectivity index is 1.51. The van der Waals surface area contributed by atoms with Gasteiger partial charge in [0.2, 0.25) is 11.8 Å². The Hall–Kier alpha value is -3.08. The van der Waals surface area contributed by atoms with E-state index in [1.165, 1.54) is 16.5 Å². The zero-order valence-electron chi connectivity index (χ0n) is 18.9. The standard InChI is InChI=1S/C27H31N3O2/c1-18(2)14-15-29-17-25(31)30-23(13-12-19-8-4-3-5-9-19)26-21(16-24(30)27(29)32)20-10-6-7-11-22(20)28-26/h3-11,18,23-24,28H,12-17H2,1-2H3/t23?,24-/m0/s1. The number of nitrogens with one attached hydrogen (secondary N) is 1. The Morgan fingerprint density at radius 1 is 1.03 bits per heavy atom. The van der Waals surface area contributed by atoms with Crippen LogP contribution in [0.3, 0.4) is 0 Å². The number of fused-ring (bicyclic) bond motifs is 4. The summed E-state index contributed by atoms with van der Waals surface area (Å²) in [6.45, 7) is 5.16. The normalized spacial score (nSPS) is 20.7. The third-order valence-corrected chi connectivity index (χ3v) is 6.99. The lowest BCUT2D eigenvalue weighted by Crippen LogP contribution is -2.63. The molecule has 5 heteroatoms. The maximum Gasteiger partial charge on any atom is 0.246 e. The second-order valence-electron chi connectivity index (χ2n) is 9.57. The summed E-state index contributed by atoms with van der Waals surface area (Å²) in [7, 11) is 0. The number of hydrogen-bond donors (Lipinski definition) is 1. The minimum absolute atomic E-state index is 0.0701. The van der Waals surface area contributed by atoms with Crippen LogP contribution in [0.1, 0.15) is 49.6 Å². The van der Waals surface area contributed by atoms with Gasteiger partial charge in [0.1, 0.15) is 6.04 Å². The van der Waals surface area contributed by atoms with Crippen molar-refractivity contribution < 1.29 is 9.59 Å². The number of carbonyl (C=O) groups excluding carboxylic acids is 2. The molecular weight excluding hydrogens is 398 g/mol. The zero-order chi connectivity index (χ0) is 22.2. The number of aromatic amines is 1. The summed E-state index contributed by atoms with van der Waals surface area (Å²) in [6.07, 6.45) is 3.17. The number of piperazine rings is 1. The van der Waals surface area contributed by atoms with Crippen LogP contribution in [-0.2, 0) is 22.4 Å². The molecule has 1 saturated heterocycles. The highest BCUT2D eigenvalue weighted by Crippen LogP contribution is 2.41. The first-order valence-electron chi connectivity index (χ1n) is 11.8. The minimum Gasteiger partial charge on any atom is -0.356 e. The quantitative estimate of drug-likeness (QED) is 0.628. The van der Waals surface area contributed by atoms with Crippen molar-refractivity contribution in [3.63, 3.8) is 0 Å². The number of benzene rings is 2. The highest BCUT2D eigenvalue weighted by atomic mass is 16.2. The first-order valence-corrected chi connectivity index (χ1v) is 11.8. The molecule has 2 aliphatic rings. The van der Waals surface area contributed by atoms with E-state index in [0.717, 1.165) is 30.5 Å². The van der Waals surface area contributed by atoms with Crippen LogP contribution in [0.2, 0.25) is 0 Å². The molecule has 0 aliphatic carbocycles. The lowest BCUT2D eigenvalue weighted by molar-refractivity contribution is -0.160. The third-order valence-electron chi connectivity index (χ3n) is 6.99. The molecule has 1 aromatic heterocycles. The Bertz CT molecular complexity index is 1130. The van der Waals surface area contributed by atoms with Crippen molar-refractivity contribution in [1.29, 1.82) is 0 Å². The maximum absolute atomic E-state index is 13.5. The van der Waals surface area contributed by atoms with Gasteiger partial charge in [0, 0.05) is 29.6 Å². The van der Waals surface area contributed by atoms with Crippen LogP contribution in [-0.4, -0.2) is 45.7 Å². The number of aromatic nitrogens is 1. The number of aryl methyl sites for hydroxylation is 1. The van der Waals surface area contributed by atoms with E-state index in [9.17, 15) is 9.59 Å². The average Bonchev–Trinajstić information content (AvgIpc) is 3.17. The summed E-state index contributed by atoms with van der Waals surface area (Å²) in [5.74, 6) is 0.674. The number of hydrogen-bond acceptors (Lipinski definition) is 2. The molecule has 3 heterocycles. The van der Waals surface area contributed by atoms with Crippen molar-refractivity contribution in [2.24, 2.45) is 5.92 Å². The highest BCUT2D eigenvalue weighted by Gasteiger charge is 2.47. The molecule has 0 radical (unpaired) electrons. The molecule has 1 unspecified atom stereocenters. The Labute approximate surface area is 189 Å². The summed E-state index contributed by atoms with van der Waals surface area (Å²) in [6, 6.07) is 18.1. The van der Waals surface area contributed by atoms with Crippen LogP contribution in [0, 0.1) is 5.92 Å². The molecule has 32 heavy (non-hydrogen) atoms. The lowest BCUT2D eigenvalue weighted by Gasteiger charge is -2.47. The van der Waals surface area contributed by atoms with Crippen LogP contribution in [0.15, 0.2) is 54.6 Å². The summed E-state index contributed by atoms with van der Waals surface area (Å²) < 4.78 is 0. The van der Waals surface area contributed by atoms with Crippen molar-refractivity contribution in [1.82, 2.24) is 14.8 Å². The Morgan fingerprint density at radius 2 is 1.78 bits per heavy atom. The summed E-state index contributed by atoms with van der Waals surface area (Å²) in [5.41, 5.74) is 4.64. The summed E-state index contributed by atoms with van der Waals surface area (Å²) in [4.78, 5) is 34.2. The van der Waals surface area contributed by atoms with Gasteiger partial charge in [0.25, 0.3) is 0 Å². The zero-order valence-corrected chi connectivity index (χ0v) is 18.9. The molecule has 2 amide bonds. The van der Waals surface area contributed by atoms with Gasteiger partial charge in [-0.15, -0.1) is 0 Å². The smallest absolute Gasteiger partial charge is 0.246 e. The summed E-state index contributed by atoms with van der Waals surface area (Å²) >= 11 is 0. The van der Waals surface area contributed by atoms with Gasteiger partial charge in [-0.25, -0.2) is 0 Å². The van der Waals surface area contributed by atoms with Crippen molar-refractivity contribution in [3.05, 3.63) is 71.4 Å². The lowest BCUT2D eigenvalue weighted by atomic mass is 9.86. The van der Waals surface area contributed by atoms with Gasteiger partial charge in [0.05, 0.1) is 12.6 Å². The monoisotopic (exact) mass is 429 g/mol. The van der Waals surface area contributed by atoms with E-state index in [0.29, 0.717) is 18.9 Å². The van der Waals surface area contributed by atoms with Crippen molar-refractivity contribution in [2.75, 3.05) is 13.1 Å². The fourth-order valence-corrected chi connectivity index (χ4v) is 5.30. The maximum atomic E-state index is 13.5. The van der Waals surface area contributed by atoms with E-state index in [1.54, 1.807) is 4.90 Å². The number of amides is 2. The third kappa shape index (κ3) is 3.70. The molecule has 0 spiro atoms. The van der Waals surface area contributed by atoms with Crippen molar-refractivity contribution >= 4 is 22.7 Å². The molecule has 5 nitrogen and oxygen atoms in total. The van der Waals surface area contributed by atoms with Crippen LogP contribution in [0.5, 0.6) is 0 Å². The number of nitrogens with zero attached hydrogens (tertiary/aromatic N) is 2. The second kappa shape index (κ2) is 8.45. The van der Waals surface area contributed by atoms with E-state index in [2.05, 4.69) is 55.2 Å². The average molecular weight is 430 g/mol. The SMILES string of the molecule is CC(C)CCN1CC(=O)N2C(CCc3ccccc3)c3[nH]c4ccccc4c3C[C@H]2C1=O. The fourth-order valence-electron chi connectivity index (χ4n) is 5.30. The first kappa shape index (κ1) is 20.8. The fraction of sp³-hybridized carbons (Fsp3) is 0.407. The molecular formula is C27H31N3O2. The predicted octanol–water partition coefficient (Wildman–Crippen LogP) is 4.48. The highest BCUT2D eigenvalue weighted by molar-refractivity contribution is 5.97. The molecule has 0 bridgehead atoms. The molecule has 2 aliphatic heterocycles. The minimum atomic E-state index is -0.407. The van der Waals surface area contributed by atoms with Gasteiger partial charge in [-0.3, -0.25) is 9.59 Å². The van der Waals surface area contributed by atoms with Gasteiger partial charge < -0.3 is 14.8 Å². The van der Waals surface area contributed by atoms with E-state index in [-0.39, 0.29) is 24.4 Å². The molecule has 0 saturated carbocycles. The first-order chi connectivity index (χ1) is 15.5. The van der Waals surface area contributed by atoms with Gasteiger partial charge in [0.15, 0.2) is 0 Å². The molecule has 1 N–H and O–H groups in total. The number of rotatable bonds is 6. The van der Waals surface area contributed by atoms with Crippen molar-refractivity contribution in [3.8, 4) is 0 Å². The largest absolute Gasteiger partial charge is 0.356 e. The molecule has 2 atom stereocenters. The molecule has 166 valence electrons. The van der Waals surface area contributed by atoms with Crippen LogP contribution < -0.4 is 0 Å². The Morgan fingerprint density at radius 3 is 2.56 bits per heavy atom. The Kier molecular flexibility index (Phi) is 5.50. The predicted molar refractivity (Wildman–Crippen MR) is 126 cm³/mol. The molecule has 3 aromatic rings. The number of carbonyl (C=O) groups is 2. The van der Waals surface area contributed by atoms with Crippen molar-refractivity contribution in [2.45, 2.75) is 51.6 Å². The second-order valence-corrected chi connectivity index (χ2v) is 9.57. The van der Waals surface area contributed by atoms with E-state index >= 15 is 0 Å². The topological polar surface area (TPSA) is 56.4 Å². The van der Waals surface area contributed by atoms with Gasteiger partial charge in [-0.05, 0) is 42.4 Å². The number of H-pyrrole nitrogens is 1. The number of para-hydroxylation sites is 1. The van der Waals surface area contributed by atoms with E-state index in [1.807, 2.05) is 23.1 Å². The van der Waals surface area contributed by atoms with E-state index in [4.69, 9.17) is 0 Å². The van der Waals surface area contributed by atoms with Gasteiger partial charge in [-0.2, -0.15) is 0 Å². The molecule has 2 aromatic carbocycles. The van der Waals surface area contributed by atoms with Crippen LogP contribution >= 0.6 is 0 Å². The van der Waals surface area contributed by atoms with Gasteiger partial charge >= 0.3 is 0 Å². The molecule has 1 fully saturated rings. The molecule has 5 rings (SSSR count). The van der Waals surface area contributed by atoms with Crippen LogP contribution in [0.4, 0.5) is 0 Å².